The quantitative estimate of drug-likeness (QED) is 0.507. The van der Waals surface area contributed by atoms with E-state index in [1.165, 1.54) is 36.8 Å². The van der Waals surface area contributed by atoms with Gasteiger partial charge in [0.25, 0.3) is 0 Å². The van der Waals surface area contributed by atoms with Gasteiger partial charge in [-0.2, -0.15) is 0 Å². The number of rotatable bonds is 4. The van der Waals surface area contributed by atoms with Crippen LogP contribution in [-0.2, 0) is 0 Å². The van der Waals surface area contributed by atoms with Crippen molar-refractivity contribution in [3.05, 3.63) is 0 Å². The van der Waals surface area contributed by atoms with Crippen LogP contribution in [-0.4, -0.2) is 8.07 Å². The zero-order chi connectivity index (χ0) is 13.9. The average Bonchev–Trinajstić information content (AvgIpc) is 2.44. The van der Waals surface area contributed by atoms with E-state index in [0.717, 1.165) is 11.8 Å². The molecular formula is C18H36Si. The Morgan fingerprint density at radius 1 is 0.632 bits per heavy atom. The van der Waals surface area contributed by atoms with Crippen LogP contribution in [0.5, 0.6) is 0 Å². The van der Waals surface area contributed by atoms with Gasteiger partial charge in [-0.3, -0.25) is 0 Å². The summed E-state index contributed by atoms with van der Waals surface area (Å²) in [6, 6.07) is 3.14. The van der Waals surface area contributed by atoms with Crippen molar-refractivity contribution in [3.8, 4) is 0 Å². The summed E-state index contributed by atoms with van der Waals surface area (Å²) in [5, 5.41) is 0. The highest BCUT2D eigenvalue weighted by Gasteiger charge is 2.45. The molecule has 0 aliphatic heterocycles. The summed E-state index contributed by atoms with van der Waals surface area (Å²) in [6.07, 6.45) is 12.5. The van der Waals surface area contributed by atoms with Crippen molar-refractivity contribution in [3.63, 3.8) is 0 Å². The number of hydrogen-bond donors (Lipinski definition) is 0. The summed E-state index contributed by atoms with van der Waals surface area (Å²) in [4.78, 5) is 0. The lowest BCUT2D eigenvalue weighted by molar-refractivity contribution is 0.351. The van der Waals surface area contributed by atoms with Gasteiger partial charge in [-0.15, -0.1) is 0 Å². The van der Waals surface area contributed by atoms with Crippen molar-refractivity contribution in [2.45, 2.75) is 102 Å². The highest BCUT2D eigenvalue weighted by molar-refractivity contribution is 6.82. The fourth-order valence-corrected chi connectivity index (χ4v) is 11.9. The predicted octanol–water partition coefficient (Wildman–Crippen LogP) is 6.64. The third-order valence-corrected chi connectivity index (χ3v) is 14.0. The molecule has 1 heteroatoms. The Hall–Kier alpha value is 0.217. The van der Waals surface area contributed by atoms with Crippen molar-refractivity contribution in [2.75, 3.05) is 0 Å². The molecule has 2 aliphatic carbocycles. The predicted molar refractivity (Wildman–Crippen MR) is 89.5 cm³/mol. The van der Waals surface area contributed by atoms with E-state index in [4.69, 9.17) is 0 Å². The van der Waals surface area contributed by atoms with Gasteiger partial charge in [-0.25, -0.2) is 0 Å². The summed E-state index contributed by atoms with van der Waals surface area (Å²) < 4.78 is 0. The van der Waals surface area contributed by atoms with E-state index >= 15 is 0 Å². The van der Waals surface area contributed by atoms with Crippen molar-refractivity contribution in [1.82, 2.24) is 0 Å². The lowest BCUT2D eigenvalue weighted by Gasteiger charge is -2.48. The highest BCUT2D eigenvalue weighted by atomic mass is 28.3. The molecule has 19 heavy (non-hydrogen) atoms. The summed E-state index contributed by atoms with van der Waals surface area (Å²) in [6.45, 7) is 10.0. The van der Waals surface area contributed by atoms with Crippen LogP contribution in [0.25, 0.3) is 0 Å². The van der Waals surface area contributed by atoms with Gasteiger partial charge in [-0.05, 0) is 22.9 Å². The maximum Gasteiger partial charge on any atom is 0.0592 e. The molecule has 112 valence electrons. The van der Waals surface area contributed by atoms with Crippen molar-refractivity contribution in [1.29, 1.82) is 0 Å². The molecule has 0 bridgehead atoms. The molecule has 2 aliphatic rings. The first-order chi connectivity index (χ1) is 9.12. The smallest absolute Gasteiger partial charge is 0.0592 e. The van der Waals surface area contributed by atoms with E-state index in [1.807, 2.05) is 0 Å². The van der Waals surface area contributed by atoms with E-state index in [1.54, 1.807) is 37.8 Å². The Bertz CT molecular complexity index is 229. The van der Waals surface area contributed by atoms with Crippen LogP contribution in [0.3, 0.4) is 0 Å². The van der Waals surface area contributed by atoms with Crippen LogP contribution in [0.15, 0.2) is 0 Å². The molecule has 0 saturated heterocycles. The summed E-state index contributed by atoms with van der Waals surface area (Å²) in [7, 11) is -1.00. The summed E-state index contributed by atoms with van der Waals surface area (Å²) >= 11 is 0. The molecule has 0 atom stereocenters. The summed E-state index contributed by atoms with van der Waals surface area (Å²) in [5.74, 6) is 2.03. The standard InChI is InChI=1S/C18H36Si/c1-5-19(6-2,17-11-7-15(3)8-12-17)18-13-9-16(4)10-14-18/h15-18H,5-14H2,1-4H3. The maximum atomic E-state index is 2.55. The largest absolute Gasteiger partial charge is 0.0678 e. The highest BCUT2D eigenvalue weighted by Crippen LogP contribution is 2.52. The van der Waals surface area contributed by atoms with Crippen molar-refractivity contribution >= 4 is 8.07 Å². The molecular weight excluding hydrogens is 244 g/mol. The van der Waals surface area contributed by atoms with Crippen LogP contribution in [0.1, 0.15) is 79.1 Å². The van der Waals surface area contributed by atoms with Crippen LogP contribution < -0.4 is 0 Å². The van der Waals surface area contributed by atoms with Crippen molar-refractivity contribution < 1.29 is 0 Å². The Morgan fingerprint density at radius 3 is 1.21 bits per heavy atom. The fourth-order valence-electron chi connectivity index (χ4n) is 5.41. The van der Waals surface area contributed by atoms with Gasteiger partial charge in [0.15, 0.2) is 0 Å². The Labute approximate surface area is 122 Å². The van der Waals surface area contributed by atoms with Gasteiger partial charge in [0, 0.05) is 0 Å². The molecule has 0 amide bonds. The molecule has 0 unspecified atom stereocenters. The third-order valence-electron chi connectivity index (χ3n) is 6.97. The Balaban J connectivity index is 2.08. The molecule has 2 saturated carbocycles. The first-order valence-electron chi connectivity index (χ1n) is 9.12. The lowest BCUT2D eigenvalue weighted by Crippen LogP contribution is -2.45. The molecule has 0 aromatic carbocycles. The average molecular weight is 281 g/mol. The second kappa shape index (κ2) is 6.78. The first kappa shape index (κ1) is 15.6. The van der Waals surface area contributed by atoms with E-state index in [-0.39, 0.29) is 0 Å². The number of hydrogen-bond acceptors (Lipinski definition) is 0. The molecule has 0 aromatic heterocycles. The topological polar surface area (TPSA) is 0 Å². The first-order valence-corrected chi connectivity index (χ1v) is 11.7. The minimum Gasteiger partial charge on any atom is -0.0678 e. The van der Waals surface area contributed by atoms with E-state index in [2.05, 4.69) is 27.7 Å². The molecule has 0 heterocycles. The molecule has 2 fully saturated rings. The molecule has 2 rings (SSSR count). The van der Waals surface area contributed by atoms with Crippen LogP contribution in [0.4, 0.5) is 0 Å². The normalized spacial score (nSPS) is 37.3. The van der Waals surface area contributed by atoms with E-state index < -0.39 is 8.07 Å². The molecule has 0 radical (unpaired) electrons. The van der Waals surface area contributed by atoms with Gasteiger partial charge in [0.1, 0.15) is 0 Å². The van der Waals surface area contributed by atoms with Gasteiger partial charge >= 0.3 is 0 Å². The third kappa shape index (κ3) is 3.28. The van der Waals surface area contributed by atoms with Gasteiger partial charge in [0.05, 0.1) is 8.07 Å². The molecule has 0 nitrogen and oxygen atoms in total. The molecule has 0 N–H and O–H groups in total. The minimum absolute atomic E-state index is 1.00. The SMILES string of the molecule is CC[Si](CC)(C1CCC(C)CC1)C1CCC(C)CC1. The Kier molecular flexibility index (Phi) is 5.57. The van der Waals surface area contributed by atoms with Crippen LogP contribution in [0, 0.1) is 11.8 Å². The minimum atomic E-state index is -1.00. The summed E-state index contributed by atoms with van der Waals surface area (Å²) in [5.41, 5.74) is 2.36. The van der Waals surface area contributed by atoms with Crippen molar-refractivity contribution in [2.24, 2.45) is 11.8 Å². The zero-order valence-electron chi connectivity index (χ0n) is 13.9. The fraction of sp³-hybridized carbons (Fsp3) is 1.00. The molecule has 0 spiro atoms. The second-order valence-electron chi connectivity index (χ2n) is 7.85. The van der Waals surface area contributed by atoms with E-state index in [9.17, 15) is 0 Å². The second-order valence-corrected chi connectivity index (χ2v) is 13.4. The monoisotopic (exact) mass is 280 g/mol. The lowest BCUT2D eigenvalue weighted by atomic mass is 9.90. The van der Waals surface area contributed by atoms with Gasteiger partial charge < -0.3 is 0 Å². The zero-order valence-corrected chi connectivity index (χ0v) is 14.9. The van der Waals surface area contributed by atoms with Crippen LogP contribution >= 0.6 is 0 Å². The van der Waals surface area contributed by atoms with Gasteiger partial charge in [0.2, 0.25) is 0 Å². The van der Waals surface area contributed by atoms with E-state index in [0.29, 0.717) is 0 Å². The van der Waals surface area contributed by atoms with Gasteiger partial charge in [-0.1, -0.05) is 91.1 Å². The maximum absolute atomic E-state index is 2.55. The Morgan fingerprint density at radius 2 is 0.947 bits per heavy atom. The van der Waals surface area contributed by atoms with Crippen LogP contribution in [0.2, 0.25) is 23.2 Å². The molecule has 0 aromatic rings.